The standard InChI is InChI=1S/C28H37N7O3S/c1-7-34(8-2)25-18(3)16-20(17-30-25)22-13-12-21(26(31-22)35-15-14-19(4)28(35,5)6)27(36)33-39(37,38)24-11-9-10-23(29)32-24/h9-13,16-17,19H,7-8,14-15H2,1-6H3,(H2,29,32)(H,33,36). The van der Waals surface area contributed by atoms with Crippen LogP contribution in [0.5, 0.6) is 0 Å². The smallest absolute Gasteiger partial charge is 0.281 e. The lowest BCUT2D eigenvalue weighted by molar-refractivity contribution is 0.0981. The fourth-order valence-corrected chi connectivity index (χ4v) is 5.91. The van der Waals surface area contributed by atoms with Gasteiger partial charge in [0.15, 0.2) is 5.03 Å². The first-order chi connectivity index (χ1) is 18.4. The van der Waals surface area contributed by atoms with Crippen LogP contribution in [-0.2, 0) is 10.0 Å². The van der Waals surface area contributed by atoms with E-state index in [1.165, 1.54) is 18.2 Å². The lowest BCUT2D eigenvalue weighted by atomic mass is 9.90. The van der Waals surface area contributed by atoms with Crippen LogP contribution in [0.2, 0.25) is 0 Å². The maximum atomic E-state index is 13.4. The Bertz CT molecular complexity index is 1490. The second-order valence-electron chi connectivity index (χ2n) is 10.4. The third kappa shape index (κ3) is 5.54. The molecule has 3 aromatic heterocycles. The van der Waals surface area contributed by atoms with E-state index in [2.05, 4.69) is 54.1 Å². The van der Waals surface area contributed by atoms with E-state index in [0.717, 1.165) is 36.5 Å². The second kappa shape index (κ2) is 10.8. The number of carbonyl (C=O) groups is 1. The molecule has 10 nitrogen and oxygen atoms in total. The van der Waals surface area contributed by atoms with Gasteiger partial charge in [0.1, 0.15) is 17.5 Å². The molecule has 0 saturated carbocycles. The van der Waals surface area contributed by atoms with Crippen LogP contribution in [0, 0.1) is 12.8 Å². The van der Waals surface area contributed by atoms with Gasteiger partial charge in [0, 0.05) is 36.9 Å². The lowest BCUT2D eigenvalue weighted by Crippen LogP contribution is -2.43. The van der Waals surface area contributed by atoms with Gasteiger partial charge < -0.3 is 15.5 Å². The molecule has 0 radical (unpaired) electrons. The fourth-order valence-electron chi connectivity index (χ4n) is 4.97. The Morgan fingerprint density at radius 3 is 2.49 bits per heavy atom. The van der Waals surface area contributed by atoms with Crippen LogP contribution < -0.4 is 20.3 Å². The van der Waals surface area contributed by atoms with Crippen LogP contribution in [-0.4, -0.2) is 54.5 Å². The quantitative estimate of drug-likeness (QED) is 0.426. The number of anilines is 3. The van der Waals surface area contributed by atoms with Gasteiger partial charge in [-0.2, -0.15) is 8.42 Å². The van der Waals surface area contributed by atoms with E-state index >= 15 is 0 Å². The highest BCUT2D eigenvalue weighted by molar-refractivity contribution is 7.90. The largest absolute Gasteiger partial charge is 0.384 e. The minimum atomic E-state index is -4.25. The molecule has 3 N–H and O–H groups in total. The summed E-state index contributed by atoms with van der Waals surface area (Å²) in [5.74, 6) is 0.960. The molecular formula is C28H37N7O3S. The van der Waals surface area contributed by atoms with E-state index in [1.54, 1.807) is 18.3 Å². The zero-order chi connectivity index (χ0) is 28.5. The molecule has 1 amide bonds. The van der Waals surface area contributed by atoms with Crippen molar-refractivity contribution in [3.63, 3.8) is 0 Å². The van der Waals surface area contributed by atoms with Crippen LogP contribution in [0.4, 0.5) is 17.5 Å². The predicted octanol–water partition coefficient (Wildman–Crippen LogP) is 4.02. The van der Waals surface area contributed by atoms with Crippen LogP contribution in [0.25, 0.3) is 11.3 Å². The Kier molecular flexibility index (Phi) is 7.83. The summed E-state index contributed by atoms with van der Waals surface area (Å²) in [7, 11) is -4.25. The summed E-state index contributed by atoms with van der Waals surface area (Å²) < 4.78 is 28.0. The van der Waals surface area contributed by atoms with Gasteiger partial charge in [-0.3, -0.25) is 4.79 Å². The molecule has 1 unspecified atom stereocenters. The van der Waals surface area contributed by atoms with Crippen molar-refractivity contribution in [1.29, 1.82) is 0 Å². The third-order valence-corrected chi connectivity index (χ3v) is 8.95. The number of aryl methyl sites for hydroxylation is 1. The summed E-state index contributed by atoms with van der Waals surface area (Å²) in [6.07, 6.45) is 2.71. The number of amides is 1. The van der Waals surface area contributed by atoms with Gasteiger partial charge in [0.25, 0.3) is 15.9 Å². The topological polar surface area (TPSA) is 134 Å². The summed E-state index contributed by atoms with van der Waals surface area (Å²) in [4.78, 5) is 31.2. The summed E-state index contributed by atoms with van der Waals surface area (Å²) in [6.45, 7) is 15.0. The van der Waals surface area contributed by atoms with Crippen molar-refractivity contribution in [2.75, 3.05) is 35.2 Å². The number of rotatable bonds is 8. The molecule has 1 atom stereocenters. The Hall–Kier alpha value is -3.73. The van der Waals surface area contributed by atoms with E-state index in [0.29, 0.717) is 24.0 Å². The highest BCUT2D eigenvalue weighted by Crippen LogP contribution is 2.39. The number of carbonyl (C=O) groups excluding carboxylic acids is 1. The number of nitrogens with two attached hydrogens (primary N) is 1. The van der Waals surface area contributed by atoms with Gasteiger partial charge in [-0.05, 0) is 82.9 Å². The van der Waals surface area contributed by atoms with E-state index in [-0.39, 0.29) is 21.9 Å². The van der Waals surface area contributed by atoms with Crippen molar-refractivity contribution in [3.05, 3.63) is 53.7 Å². The minimum Gasteiger partial charge on any atom is -0.384 e. The van der Waals surface area contributed by atoms with E-state index in [1.807, 2.05) is 13.0 Å². The normalized spacial score (nSPS) is 16.8. The summed E-state index contributed by atoms with van der Waals surface area (Å²) in [6, 6.07) is 9.63. The van der Waals surface area contributed by atoms with Gasteiger partial charge >= 0.3 is 0 Å². The molecule has 4 heterocycles. The Morgan fingerprint density at radius 1 is 1.18 bits per heavy atom. The number of sulfonamides is 1. The number of nitrogen functional groups attached to an aromatic ring is 1. The van der Waals surface area contributed by atoms with E-state index < -0.39 is 15.9 Å². The van der Waals surface area contributed by atoms with Crippen LogP contribution >= 0.6 is 0 Å². The molecule has 1 aliphatic rings. The molecule has 1 aliphatic heterocycles. The molecule has 1 saturated heterocycles. The highest BCUT2D eigenvalue weighted by Gasteiger charge is 2.41. The molecule has 11 heteroatoms. The van der Waals surface area contributed by atoms with Crippen molar-refractivity contribution in [2.24, 2.45) is 5.92 Å². The van der Waals surface area contributed by atoms with Crippen molar-refractivity contribution in [1.82, 2.24) is 19.7 Å². The monoisotopic (exact) mass is 551 g/mol. The molecule has 4 rings (SSSR count). The van der Waals surface area contributed by atoms with Crippen molar-refractivity contribution < 1.29 is 13.2 Å². The Morgan fingerprint density at radius 2 is 1.90 bits per heavy atom. The average molecular weight is 552 g/mol. The molecule has 0 spiro atoms. The summed E-state index contributed by atoms with van der Waals surface area (Å²) >= 11 is 0. The number of pyridine rings is 3. The van der Waals surface area contributed by atoms with Crippen LogP contribution in [0.3, 0.4) is 0 Å². The Balaban J connectivity index is 1.77. The molecule has 208 valence electrons. The fraction of sp³-hybridized carbons (Fsp3) is 0.429. The molecule has 0 aromatic carbocycles. The second-order valence-corrected chi connectivity index (χ2v) is 12.1. The molecule has 0 bridgehead atoms. The lowest BCUT2D eigenvalue weighted by Gasteiger charge is -2.36. The van der Waals surface area contributed by atoms with E-state index in [4.69, 9.17) is 15.7 Å². The maximum Gasteiger partial charge on any atom is 0.281 e. The van der Waals surface area contributed by atoms with Crippen molar-refractivity contribution in [3.8, 4) is 11.3 Å². The highest BCUT2D eigenvalue weighted by atomic mass is 32.2. The molecule has 0 aliphatic carbocycles. The van der Waals surface area contributed by atoms with Gasteiger partial charge in [0.2, 0.25) is 0 Å². The first-order valence-electron chi connectivity index (χ1n) is 13.2. The molecule has 1 fully saturated rings. The van der Waals surface area contributed by atoms with Gasteiger partial charge in [-0.1, -0.05) is 13.0 Å². The first kappa shape index (κ1) is 28.3. The van der Waals surface area contributed by atoms with Gasteiger partial charge in [-0.25, -0.2) is 19.7 Å². The van der Waals surface area contributed by atoms with Crippen molar-refractivity contribution >= 4 is 33.4 Å². The molecule has 39 heavy (non-hydrogen) atoms. The first-order valence-corrected chi connectivity index (χ1v) is 14.7. The molecular weight excluding hydrogens is 514 g/mol. The summed E-state index contributed by atoms with van der Waals surface area (Å²) in [5.41, 5.74) is 8.02. The number of nitrogens with zero attached hydrogens (tertiary/aromatic N) is 5. The maximum absolute atomic E-state index is 13.4. The minimum absolute atomic E-state index is 0.0424. The number of hydrogen-bond acceptors (Lipinski definition) is 9. The van der Waals surface area contributed by atoms with E-state index in [9.17, 15) is 13.2 Å². The number of nitrogens with one attached hydrogen (secondary N) is 1. The number of aromatic nitrogens is 3. The zero-order valence-corrected chi connectivity index (χ0v) is 24.2. The summed E-state index contributed by atoms with van der Waals surface area (Å²) in [5, 5.41) is -0.327. The predicted molar refractivity (Wildman–Crippen MR) is 154 cm³/mol. The Labute approximate surface area is 230 Å². The molecule has 3 aromatic rings. The van der Waals surface area contributed by atoms with Gasteiger partial charge in [0.05, 0.1) is 11.3 Å². The zero-order valence-electron chi connectivity index (χ0n) is 23.4. The van der Waals surface area contributed by atoms with Crippen LogP contribution in [0.15, 0.2) is 47.6 Å². The third-order valence-electron chi connectivity index (χ3n) is 7.72. The van der Waals surface area contributed by atoms with Gasteiger partial charge in [-0.15, -0.1) is 0 Å². The SMILES string of the molecule is CCN(CC)c1ncc(-c2ccc(C(=O)NS(=O)(=O)c3cccc(N)n3)c(N3CCC(C)C3(C)C)n2)cc1C. The van der Waals surface area contributed by atoms with Crippen molar-refractivity contribution in [2.45, 2.75) is 58.5 Å². The average Bonchev–Trinajstić information content (AvgIpc) is 3.16. The number of hydrogen-bond donors (Lipinski definition) is 2. The van der Waals surface area contributed by atoms with Crippen LogP contribution in [0.1, 0.15) is 57.0 Å².